The Morgan fingerprint density at radius 2 is 2.47 bits per heavy atom. The van der Waals surface area contributed by atoms with E-state index in [9.17, 15) is 4.79 Å². The molecule has 0 atom stereocenters. The van der Waals surface area contributed by atoms with Crippen molar-refractivity contribution in [1.29, 1.82) is 0 Å². The van der Waals surface area contributed by atoms with Gasteiger partial charge in [-0.05, 0) is 19.9 Å². The number of hydrogen-bond donors (Lipinski definition) is 0. The highest BCUT2D eigenvalue weighted by Gasteiger charge is 1.96. The molecule has 0 aliphatic rings. The zero-order chi connectivity index (χ0) is 11.1. The summed E-state index contributed by atoms with van der Waals surface area (Å²) < 4.78 is 4.87. The van der Waals surface area contributed by atoms with Gasteiger partial charge in [-0.25, -0.2) is 9.78 Å². The Labute approximate surface area is 93.1 Å². The van der Waals surface area contributed by atoms with E-state index in [-0.39, 0.29) is 5.97 Å². The molecule has 0 aliphatic heterocycles. The Morgan fingerprint density at radius 3 is 3.07 bits per heavy atom. The molecular formula is C11H13NO2S. The molecule has 0 saturated carbocycles. The van der Waals surface area contributed by atoms with E-state index in [1.807, 2.05) is 25.3 Å². The van der Waals surface area contributed by atoms with Crippen molar-refractivity contribution in [3.8, 4) is 0 Å². The van der Waals surface area contributed by atoms with Crippen LogP contribution in [0.4, 0.5) is 0 Å². The van der Waals surface area contributed by atoms with Crippen molar-refractivity contribution in [2.24, 2.45) is 0 Å². The predicted molar refractivity (Wildman–Crippen MR) is 61.7 cm³/mol. The Bertz CT molecular complexity index is 380. The van der Waals surface area contributed by atoms with Crippen molar-refractivity contribution in [1.82, 2.24) is 4.98 Å². The van der Waals surface area contributed by atoms with Crippen molar-refractivity contribution in [3.63, 3.8) is 0 Å². The molecule has 0 amide bonds. The van der Waals surface area contributed by atoms with E-state index >= 15 is 0 Å². The number of aromatic nitrogens is 1. The maximum atomic E-state index is 11.1. The molecule has 0 aromatic carbocycles. The molecule has 1 aromatic rings. The third-order valence-electron chi connectivity index (χ3n) is 1.58. The van der Waals surface area contributed by atoms with E-state index in [0.717, 1.165) is 10.7 Å². The minimum Gasteiger partial charge on any atom is -0.458 e. The number of aryl methyl sites for hydroxylation is 1. The Hall–Kier alpha value is -1.42. The van der Waals surface area contributed by atoms with E-state index in [4.69, 9.17) is 4.74 Å². The molecule has 0 fully saturated rings. The lowest BCUT2D eigenvalue weighted by molar-refractivity contribution is -0.136. The van der Waals surface area contributed by atoms with Gasteiger partial charge in [0.05, 0.1) is 10.7 Å². The number of hydrogen-bond acceptors (Lipinski definition) is 4. The lowest BCUT2D eigenvalue weighted by atomic mass is 10.4. The minimum atomic E-state index is -0.348. The van der Waals surface area contributed by atoms with Gasteiger partial charge in [-0.15, -0.1) is 11.3 Å². The Kier molecular flexibility index (Phi) is 4.77. The first kappa shape index (κ1) is 11.7. The Balaban J connectivity index is 2.40. The second-order valence-corrected chi connectivity index (χ2v) is 3.89. The maximum absolute atomic E-state index is 11.1. The molecule has 0 N–H and O–H groups in total. The standard InChI is InChI=1S/C11H13NO2S/c1-3-4-7-14-11(13)6-5-10-8-15-9(2)12-10/h3-6,8H,7H2,1-2H3/b4-3+,6-5+. The molecule has 0 radical (unpaired) electrons. The van der Waals surface area contributed by atoms with Crippen molar-refractivity contribution >= 4 is 23.4 Å². The molecule has 4 heteroatoms. The van der Waals surface area contributed by atoms with Gasteiger partial charge in [0.1, 0.15) is 6.61 Å². The number of nitrogens with zero attached hydrogens (tertiary/aromatic N) is 1. The van der Waals surface area contributed by atoms with E-state index in [2.05, 4.69) is 4.98 Å². The molecule has 0 spiro atoms. The fourth-order valence-corrected chi connectivity index (χ4v) is 1.47. The maximum Gasteiger partial charge on any atom is 0.331 e. The summed E-state index contributed by atoms with van der Waals surface area (Å²) in [7, 11) is 0. The van der Waals surface area contributed by atoms with Gasteiger partial charge in [-0.2, -0.15) is 0 Å². The third-order valence-corrected chi connectivity index (χ3v) is 2.38. The van der Waals surface area contributed by atoms with E-state index in [0.29, 0.717) is 6.61 Å². The summed E-state index contributed by atoms with van der Waals surface area (Å²) in [6, 6.07) is 0. The Morgan fingerprint density at radius 1 is 1.67 bits per heavy atom. The van der Waals surface area contributed by atoms with E-state index in [1.54, 1.807) is 23.5 Å². The summed E-state index contributed by atoms with van der Waals surface area (Å²) >= 11 is 1.55. The molecule has 0 bridgehead atoms. The second kappa shape index (κ2) is 6.14. The first-order valence-corrected chi connectivity index (χ1v) is 5.48. The van der Waals surface area contributed by atoms with Gasteiger partial charge >= 0.3 is 5.97 Å². The molecule has 0 aliphatic carbocycles. The van der Waals surface area contributed by atoms with Gasteiger partial charge in [0.2, 0.25) is 0 Å². The highest BCUT2D eigenvalue weighted by Crippen LogP contribution is 2.09. The molecular weight excluding hydrogens is 210 g/mol. The van der Waals surface area contributed by atoms with Crippen LogP contribution in [0.25, 0.3) is 6.08 Å². The van der Waals surface area contributed by atoms with Crippen molar-refractivity contribution in [3.05, 3.63) is 34.3 Å². The zero-order valence-electron chi connectivity index (χ0n) is 8.77. The number of carbonyl (C=O) groups is 1. The normalized spacial score (nSPS) is 11.3. The minimum absolute atomic E-state index is 0.315. The number of allylic oxidation sites excluding steroid dienone is 1. The summed E-state index contributed by atoms with van der Waals surface area (Å²) in [6.07, 6.45) is 6.65. The van der Waals surface area contributed by atoms with Crippen LogP contribution in [0, 0.1) is 6.92 Å². The van der Waals surface area contributed by atoms with Crippen LogP contribution in [-0.2, 0) is 9.53 Å². The summed E-state index contributed by atoms with van der Waals surface area (Å²) in [5.41, 5.74) is 0.792. The van der Waals surface area contributed by atoms with E-state index < -0.39 is 0 Å². The third kappa shape index (κ3) is 4.56. The fraction of sp³-hybridized carbons (Fsp3) is 0.273. The lowest BCUT2D eigenvalue weighted by Gasteiger charge is -1.94. The van der Waals surface area contributed by atoms with Crippen molar-refractivity contribution in [2.75, 3.05) is 6.61 Å². The summed E-state index contributed by atoms with van der Waals surface area (Å²) in [5, 5.41) is 2.88. The van der Waals surface area contributed by atoms with E-state index in [1.165, 1.54) is 6.08 Å². The molecule has 0 unspecified atom stereocenters. The highest BCUT2D eigenvalue weighted by atomic mass is 32.1. The average Bonchev–Trinajstić information content (AvgIpc) is 2.62. The SMILES string of the molecule is C/C=C/COC(=O)/C=C/c1csc(C)n1. The molecule has 0 saturated heterocycles. The lowest BCUT2D eigenvalue weighted by Crippen LogP contribution is -1.99. The molecule has 1 rings (SSSR count). The summed E-state index contributed by atoms with van der Waals surface area (Å²) in [5.74, 6) is -0.348. The predicted octanol–water partition coefficient (Wildman–Crippen LogP) is 2.58. The summed E-state index contributed by atoms with van der Waals surface area (Å²) in [6.45, 7) is 4.11. The highest BCUT2D eigenvalue weighted by molar-refractivity contribution is 7.09. The van der Waals surface area contributed by atoms with Crippen LogP contribution in [0.2, 0.25) is 0 Å². The van der Waals surface area contributed by atoms with Crippen LogP contribution in [0.15, 0.2) is 23.6 Å². The van der Waals surface area contributed by atoms with Crippen LogP contribution in [0.3, 0.4) is 0 Å². The van der Waals surface area contributed by atoms with Crippen LogP contribution in [0.1, 0.15) is 17.6 Å². The first-order valence-electron chi connectivity index (χ1n) is 4.60. The number of rotatable bonds is 4. The van der Waals surface area contributed by atoms with Crippen LogP contribution >= 0.6 is 11.3 Å². The van der Waals surface area contributed by atoms with Crippen molar-refractivity contribution < 1.29 is 9.53 Å². The van der Waals surface area contributed by atoms with Crippen molar-refractivity contribution in [2.45, 2.75) is 13.8 Å². The van der Waals surface area contributed by atoms with Gasteiger partial charge in [0, 0.05) is 11.5 Å². The summed E-state index contributed by atoms with van der Waals surface area (Å²) in [4.78, 5) is 15.3. The zero-order valence-corrected chi connectivity index (χ0v) is 9.58. The topological polar surface area (TPSA) is 39.2 Å². The number of thiazole rings is 1. The van der Waals surface area contributed by atoms with Crippen LogP contribution < -0.4 is 0 Å². The van der Waals surface area contributed by atoms with Gasteiger partial charge in [-0.1, -0.05) is 12.2 Å². The number of ether oxygens (including phenoxy) is 1. The fourth-order valence-electron chi connectivity index (χ4n) is 0.885. The number of carbonyl (C=O) groups excluding carboxylic acids is 1. The molecule has 15 heavy (non-hydrogen) atoms. The van der Waals surface area contributed by atoms with Crippen LogP contribution in [-0.4, -0.2) is 17.6 Å². The quantitative estimate of drug-likeness (QED) is 0.447. The molecule has 1 heterocycles. The van der Waals surface area contributed by atoms with Gasteiger partial charge in [-0.3, -0.25) is 0 Å². The van der Waals surface area contributed by atoms with Gasteiger partial charge < -0.3 is 4.74 Å². The van der Waals surface area contributed by atoms with Gasteiger partial charge in [0.25, 0.3) is 0 Å². The average molecular weight is 223 g/mol. The number of esters is 1. The molecule has 1 aromatic heterocycles. The second-order valence-electron chi connectivity index (χ2n) is 2.82. The first-order chi connectivity index (χ1) is 7.22. The molecule has 3 nitrogen and oxygen atoms in total. The van der Waals surface area contributed by atoms with Gasteiger partial charge in [0.15, 0.2) is 0 Å². The smallest absolute Gasteiger partial charge is 0.331 e. The molecule has 80 valence electrons. The van der Waals surface area contributed by atoms with Crippen LogP contribution in [0.5, 0.6) is 0 Å². The monoisotopic (exact) mass is 223 g/mol. The largest absolute Gasteiger partial charge is 0.458 e.